The van der Waals surface area contributed by atoms with Crippen LogP contribution in [0.3, 0.4) is 0 Å². The van der Waals surface area contributed by atoms with Gasteiger partial charge >= 0.3 is 0 Å². The van der Waals surface area contributed by atoms with Crippen LogP contribution in [0, 0.1) is 6.92 Å². The molecule has 0 aromatic heterocycles. The number of aryl methyl sites for hydroxylation is 1. The van der Waals surface area contributed by atoms with E-state index >= 15 is 0 Å². The highest BCUT2D eigenvalue weighted by Gasteiger charge is 2.03. The summed E-state index contributed by atoms with van der Waals surface area (Å²) in [6.07, 6.45) is 9.66. The molecule has 0 bridgehead atoms. The molecule has 0 heteroatoms. The Balaban J connectivity index is -0.000000181. The maximum Gasteiger partial charge on any atom is -0.0190 e. The van der Waals surface area contributed by atoms with Crippen LogP contribution >= 0.6 is 0 Å². The van der Waals surface area contributed by atoms with Crippen LogP contribution in [0.15, 0.2) is 84.5 Å². The molecule has 1 rings (SSSR count). The van der Waals surface area contributed by atoms with Gasteiger partial charge in [-0.05, 0) is 65.0 Å². The second-order valence-electron chi connectivity index (χ2n) is 7.59. The third-order valence-electron chi connectivity index (χ3n) is 4.58. The molecule has 0 saturated heterocycles. The van der Waals surface area contributed by atoms with Gasteiger partial charge in [0.2, 0.25) is 0 Å². The maximum absolute atomic E-state index is 3.82. The Morgan fingerprint density at radius 2 is 1.50 bits per heavy atom. The normalized spacial score (nSPS) is 10.1. The Morgan fingerprint density at radius 1 is 0.969 bits per heavy atom. The summed E-state index contributed by atoms with van der Waals surface area (Å²) in [6, 6.07) is 8.87. The van der Waals surface area contributed by atoms with Gasteiger partial charge in [-0.15, -0.1) is 0 Å². The van der Waals surface area contributed by atoms with Gasteiger partial charge in [0, 0.05) is 0 Å². The molecular formula is C32H56. The van der Waals surface area contributed by atoms with E-state index in [0.29, 0.717) is 0 Å². The molecule has 1 aromatic carbocycles. The predicted octanol–water partition coefficient (Wildman–Crippen LogP) is 11.6. The molecule has 0 heterocycles. The van der Waals surface area contributed by atoms with Crippen LogP contribution < -0.4 is 0 Å². The van der Waals surface area contributed by atoms with Crippen molar-refractivity contribution in [2.45, 2.75) is 108 Å². The summed E-state index contributed by atoms with van der Waals surface area (Å²) in [7, 11) is 0. The molecule has 1 unspecified atom stereocenters. The Kier molecular flexibility index (Phi) is 31.4. The standard InChI is InChI=1S/C13H20.C9H14.C6H10.2C2H6/c1-4-5-8-12(3)13-9-6-7-11(2)10-13;1-6-9(7(2)3)8(4)5;1-4-6(3)5-2;2*1-2/h6-7,9-10,12H,4-5,8H2,1-3H3;6H,1-2H2,3-5H3;4-5H,1H2,2-3H3;2*1-2H3/b;;6-5-;;. The van der Waals surface area contributed by atoms with Crippen LogP contribution in [0.1, 0.15) is 112 Å². The van der Waals surface area contributed by atoms with E-state index in [-0.39, 0.29) is 0 Å². The van der Waals surface area contributed by atoms with Gasteiger partial charge in [0.1, 0.15) is 0 Å². The average Bonchev–Trinajstić information content (AvgIpc) is 2.80. The van der Waals surface area contributed by atoms with Crippen LogP contribution in [0.4, 0.5) is 0 Å². The van der Waals surface area contributed by atoms with Crippen molar-refractivity contribution in [3.63, 3.8) is 0 Å². The molecule has 0 nitrogen and oxygen atoms in total. The fourth-order valence-electron chi connectivity index (χ4n) is 2.58. The molecule has 0 aliphatic rings. The van der Waals surface area contributed by atoms with Gasteiger partial charge in [0.15, 0.2) is 0 Å². The number of allylic oxidation sites excluding steroid dienone is 7. The zero-order valence-electron chi connectivity index (χ0n) is 23.9. The van der Waals surface area contributed by atoms with Gasteiger partial charge in [-0.2, -0.15) is 0 Å². The minimum absolute atomic E-state index is 0.722. The van der Waals surface area contributed by atoms with Crippen molar-refractivity contribution < 1.29 is 0 Å². The summed E-state index contributed by atoms with van der Waals surface area (Å²) in [5, 5.41) is 0. The van der Waals surface area contributed by atoms with Gasteiger partial charge < -0.3 is 0 Å². The summed E-state index contributed by atoms with van der Waals surface area (Å²) in [6.45, 7) is 35.9. The first-order valence-electron chi connectivity index (χ1n) is 12.4. The Morgan fingerprint density at radius 3 is 1.75 bits per heavy atom. The van der Waals surface area contributed by atoms with E-state index in [1.165, 1.54) is 47.1 Å². The molecule has 0 radical (unpaired) electrons. The van der Waals surface area contributed by atoms with Crippen molar-refractivity contribution in [1.82, 2.24) is 0 Å². The molecular weight excluding hydrogens is 384 g/mol. The van der Waals surface area contributed by atoms with Gasteiger partial charge in [-0.3, -0.25) is 0 Å². The number of benzene rings is 1. The molecule has 1 atom stereocenters. The molecule has 0 aliphatic heterocycles. The fourth-order valence-corrected chi connectivity index (χ4v) is 2.58. The second kappa shape index (κ2) is 27.0. The van der Waals surface area contributed by atoms with Crippen LogP contribution in [0.2, 0.25) is 0 Å². The highest BCUT2D eigenvalue weighted by molar-refractivity contribution is 5.38. The van der Waals surface area contributed by atoms with Crippen molar-refractivity contribution in [3.8, 4) is 0 Å². The van der Waals surface area contributed by atoms with E-state index < -0.39 is 0 Å². The smallest absolute Gasteiger partial charge is 0.0190 e. The minimum Gasteiger partial charge on any atom is -0.0988 e. The van der Waals surface area contributed by atoms with E-state index in [0.717, 1.165) is 11.5 Å². The van der Waals surface area contributed by atoms with Crippen LogP contribution in [-0.4, -0.2) is 0 Å². The number of unbranched alkanes of at least 4 members (excludes halogenated alkanes) is 1. The maximum atomic E-state index is 3.82. The Bertz CT molecular complexity index is 648. The van der Waals surface area contributed by atoms with Crippen LogP contribution in [0.5, 0.6) is 0 Å². The van der Waals surface area contributed by atoms with Gasteiger partial charge in [-0.25, -0.2) is 0 Å². The summed E-state index contributed by atoms with van der Waals surface area (Å²) >= 11 is 0. The molecule has 0 aliphatic carbocycles. The summed E-state index contributed by atoms with van der Waals surface area (Å²) in [5.41, 5.74) is 7.64. The summed E-state index contributed by atoms with van der Waals surface area (Å²) in [5.74, 6) is 0.722. The van der Waals surface area contributed by atoms with Gasteiger partial charge in [0.05, 0.1) is 0 Å². The van der Waals surface area contributed by atoms with Gasteiger partial charge in [-0.1, -0.05) is 139 Å². The lowest BCUT2D eigenvalue weighted by Crippen LogP contribution is -1.93. The molecule has 184 valence electrons. The summed E-state index contributed by atoms with van der Waals surface area (Å²) in [4.78, 5) is 0. The van der Waals surface area contributed by atoms with E-state index in [2.05, 4.69) is 78.6 Å². The first kappa shape index (κ1) is 37.2. The third kappa shape index (κ3) is 22.6. The monoisotopic (exact) mass is 440 g/mol. The van der Waals surface area contributed by atoms with Crippen LogP contribution in [0.25, 0.3) is 0 Å². The Hall–Kier alpha value is -2.08. The number of hydrogen-bond donors (Lipinski definition) is 0. The molecule has 0 saturated carbocycles. The summed E-state index contributed by atoms with van der Waals surface area (Å²) < 4.78 is 0. The average molecular weight is 441 g/mol. The lowest BCUT2D eigenvalue weighted by atomic mass is 9.94. The largest absolute Gasteiger partial charge is 0.0988 e. The second-order valence-corrected chi connectivity index (χ2v) is 7.59. The van der Waals surface area contributed by atoms with Crippen molar-refractivity contribution >= 4 is 0 Å². The quantitative estimate of drug-likeness (QED) is 0.370. The number of rotatable bonds is 7. The zero-order valence-corrected chi connectivity index (χ0v) is 23.9. The first-order chi connectivity index (χ1) is 15.1. The molecule has 0 amide bonds. The van der Waals surface area contributed by atoms with Crippen molar-refractivity contribution in [2.24, 2.45) is 0 Å². The topological polar surface area (TPSA) is 0 Å². The van der Waals surface area contributed by atoms with E-state index in [4.69, 9.17) is 0 Å². The highest BCUT2D eigenvalue weighted by atomic mass is 14.1. The lowest BCUT2D eigenvalue weighted by molar-refractivity contribution is 0.624. The molecule has 0 fully saturated rings. The predicted molar refractivity (Wildman–Crippen MR) is 155 cm³/mol. The van der Waals surface area contributed by atoms with Crippen molar-refractivity contribution in [1.29, 1.82) is 0 Å². The third-order valence-corrected chi connectivity index (χ3v) is 4.58. The Labute approximate surface area is 203 Å². The van der Waals surface area contributed by atoms with Gasteiger partial charge in [0.25, 0.3) is 0 Å². The highest BCUT2D eigenvalue weighted by Crippen LogP contribution is 2.21. The first-order valence-corrected chi connectivity index (χ1v) is 12.4. The van der Waals surface area contributed by atoms with Crippen LogP contribution in [-0.2, 0) is 0 Å². The molecule has 32 heavy (non-hydrogen) atoms. The number of hydrogen-bond acceptors (Lipinski definition) is 0. The molecule has 0 spiro atoms. The fraction of sp³-hybridized carbons (Fsp3) is 0.500. The van der Waals surface area contributed by atoms with E-state index in [9.17, 15) is 0 Å². The van der Waals surface area contributed by atoms with E-state index in [1.807, 2.05) is 66.7 Å². The SMILES string of the molecule is C=C/C(C)=C\C.C=CC(C(=C)C)=C(C)C.CC.CC.CCCCC(C)c1cccc(C)c1. The molecule has 0 N–H and O–H groups in total. The van der Waals surface area contributed by atoms with E-state index in [1.54, 1.807) is 0 Å². The zero-order chi connectivity index (χ0) is 26.1. The lowest BCUT2D eigenvalue weighted by Gasteiger charge is -2.11. The molecule has 1 aromatic rings. The van der Waals surface area contributed by atoms with Crippen molar-refractivity contribution in [2.75, 3.05) is 0 Å². The van der Waals surface area contributed by atoms with Crippen molar-refractivity contribution in [3.05, 3.63) is 95.6 Å². The minimum atomic E-state index is 0.722.